The summed E-state index contributed by atoms with van der Waals surface area (Å²) < 4.78 is 4.76. The van der Waals surface area contributed by atoms with Crippen LogP contribution >= 0.6 is 11.6 Å². The lowest BCUT2D eigenvalue weighted by Gasteiger charge is -2.08. The Morgan fingerprint density at radius 1 is 1.60 bits per heavy atom. The van der Waals surface area contributed by atoms with Crippen molar-refractivity contribution < 1.29 is 9.53 Å². The zero-order chi connectivity index (χ0) is 7.40. The van der Waals surface area contributed by atoms with Gasteiger partial charge in [-0.1, -0.05) is 0 Å². The van der Waals surface area contributed by atoms with E-state index in [9.17, 15) is 4.79 Å². The summed E-state index contributed by atoms with van der Waals surface area (Å²) in [7, 11) is 0. The normalized spacial score (nSPS) is 16.3. The summed E-state index contributed by atoms with van der Waals surface area (Å²) in [5.74, 6) is 0. The predicted octanol–water partition coefficient (Wildman–Crippen LogP) is 1.66. The highest BCUT2D eigenvalue weighted by atomic mass is 35.5. The third-order valence-electron chi connectivity index (χ3n) is 1.02. The first-order valence-electron chi connectivity index (χ1n) is 2.74. The van der Waals surface area contributed by atoms with E-state index < -0.39 is 5.37 Å². The second-order valence-corrected chi connectivity index (χ2v) is 2.02. The molecule has 54 valence electrons. The highest BCUT2D eigenvalue weighted by Gasteiger charge is 2.05. The van der Waals surface area contributed by atoms with E-state index in [0.29, 0.717) is 6.54 Å². The van der Waals surface area contributed by atoms with E-state index in [4.69, 9.17) is 16.3 Å². The second-order valence-electron chi connectivity index (χ2n) is 1.70. The molecule has 0 aromatic rings. The molecule has 0 N–H and O–H groups in total. The average Bonchev–Trinajstić information content (AvgIpc) is 2.12. The number of nitrogens with zero attached hydrogens (tertiary/aromatic N) is 1. The van der Waals surface area contributed by atoms with Gasteiger partial charge in [-0.2, -0.15) is 0 Å². The van der Waals surface area contributed by atoms with Gasteiger partial charge in [-0.3, -0.25) is 9.69 Å². The maximum absolute atomic E-state index is 10.5. The van der Waals surface area contributed by atoms with Crippen molar-refractivity contribution in [2.45, 2.75) is 0 Å². The van der Waals surface area contributed by atoms with Gasteiger partial charge in [-0.25, -0.2) is 0 Å². The van der Waals surface area contributed by atoms with Gasteiger partial charge in [0.05, 0.1) is 6.26 Å². The monoisotopic (exact) mass is 159 g/mol. The van der Waals surface area contributed by atoms with Gasteiger partial charge in [-0.15, -0.1) is 0 Å². The Kier molecular flexibility index (Phi) is 2.34. The fourth-order valence-electron chi connectivity index (χ4n) is 0.557. The molecule has 1 aliphatic heterocycles. The molecule has 1 rings (SSSR count). The van der Waals surface area contributed by atoms with E-state index in [1.807, 2.05) is 0 Å². The number of rotatable bonds is 0. The highest BCUT2D eigenvalue weighted by molar-refractivity contribution is 6.62. The molecule has 0 unspecified atom stereocenters. The van der Waals surface area contributed by atoms with E-state index in [2.05, 4.69) is 0 Å². The number of ether oxygens (including phenoxy) is 1. The summed E-state index contributed by atoms with van der Waals surface area (Å²) in [6, 6.07) is 0. The Hall–Kier alpha value is -0.960. The van der Waals surface area contributed by atoms with Crippen molar-refractivity contribution in [3.8, 4) is 0 Å². The molecule has 4 heteroatoms. The van der Waals surface area contributed by atoms with Crippen LogP contribution in [0.1, 0.15) is 0 Å². The molecule has 0 atom stereocenters. The van der Waals surface area contributed by atoms with Crippen LogP contribution in [-0.2, 0) is 4.74 Å². The molecule has 0 saturated carbocycles. The maximum atomic E-state index is 10.5. The Morgan fingerprint density at radius 3 is 3.10 bits per heavy atom. The number of carbonyl (C=O) groups excluding carboxylic acids is 1. The third kappa shape index (κ3) is 1.77. The molecule has 1 heterocycles. The Balaban J connectivity index is 2.60. The molecule has 0 bridgehead atoms. The van der Waals surface area contributed by atoms with Crippen molar-refractivity contribution in [1.82, 2.24) is 4.90 Å². The van der Waals surface area contributed by atoms with Gasteiger partial charge in [0, 0.05) is 12.7 Å². The molecule has 0 aromatic heterocycles. The van der Waals surface area contributed by atoms with Crippen molar-refractivity contribution in [1.29, 1.82) is 0 Å². The van der Waals surface area contributed by atoms with Crippen molar-refractivity contribution in [2.75, 3.05) is 6.54 Å². The van der Waals surface area contributed by atoms with Crippen LogP contribution in [0.25, 0.3) is 0 Å². The summed E-state index contributed by atoms with van der Waals surface area (Å²) in [6.45, 7) is 0.457. The minimum atomic E-state index is -0.508. The van der Waals surface area contributed by atoms with Crippen LogP contribution in [0.2, 0.25) is 0 Å². The first-order valence-corrected chi connectivity index (χ1v) is 3.12. The molecule has 3 nitrogen and oxygen atoms in total. The SMILES string of the molecule is O=C(Cl)N1C=COC=CC1. The smallest absolute Gasteiger partial charge is 0.320 e. The summed E-state index contributed by atoms with van der Waals surface area (Å²) in [5, 5.41) is -0.508. The molecule has 0 aromatic carbocycles. The van der Waals surface area contributed by atoms with Gasteiger partial charge < -0.3 is 4.74 Å². The highest BCUT2D eigenvalue weighted by Crippen LogP contribution is 2.01. The van der Waals surface area contributed by atoms with Gasteiger partial charge in [-0.05, 0) is 17.7 Å². The van der Waals surface area contributed by atoms with Crippen molar-refractivity contribution in [3.63, 3.8) is 0 Å². The molecule has 1 aliphatic rings. The molecular weight excluding hydrogens is 154 g/mol. The van der Waals surface area contributed by atoms with Crippen LogP contribution in [0, 0.1) is 0 Å². The molecular formula is C6H6ClNO2. The summed E-state index contributed by atoms with van der Waals surface area (Å²) in [5.41, 5.74) is 0. The standard InChI is InChI=1S/C6H6ClNO2/c7-6(9)8-2-1-4-10-5-3-8/h1,3-5H,2H2. The van der Waals surface area contributed by atoms with Crippen LogP contribution in [0.5, 0.6) is 0 Å². The minimum absolute atomic E-state index is 0.457. The fourth-order valence-corrected chi connectivity index (χ4v) is 0.683. The number of hydrogen-bond donors (Lipinski definition) is 0. The van der Waals surface area contributed by atoms with Crippen LogP contribution in [0.4, 0.5) is 4.79 Å². The van der Waals surface area contributed by atoms with Gasteiger partial charge in [0.15, 0.2) is 0 Å². The zero-order valence-electron chi connectivity index (χ0n) is 5.16. The number of hydrogen-bond acceptors (Lipinski definition) is 2. The first kappa shape index (κ1) is 7.15. The minimum Gasteiger partial charge on any atom is -0.471 e. The molecule has 0 aliphatic carbocycles. The lowest BCUT2D eigenvalue weighted by molar-refractivity contribution is 0.241. The van der Waals surface area contributed by atoms with Crippen LogP contribution in [0.3, 0.4) is 0 Å². The van der Waals surface area contributed by atoms with E-state index >= 15 is 0 Å². The lowest BCUT2D eigenvalue weighted by Crippen LogP contribution is -2.18. The maximum Gasteiger partial charge on any atom is 0.320 e. The van der Waals surface area contributed by atoms with E-state index in [0.717, 1.165) is 0 Å². The molecule has 0 saturated heterocycles. The van der Waals surface area contributed by atoms with Gasteiger partial charge in [0.25, 0.3) is 0 Å². The fraction of sp³-hybridized carbons (Fsp3) is 0.167. The quantitative estimate of drug-likeness (QED) is 0.398. The van der Waals surface area contributed by atoms with E-state index in [1.54, 1.807) is 6.08 Å². The lowest BCUT2D eigenvalue weighted by atomic mass is 10.6. The second kappa shape index (κ2) is 3.27. The largest absolute Gasteiger partial charge is 0.471 e. The summed E-state index contributed by atoms with van der Waals surface area (Å²) in [6.07, 6.45) is 6.07. The number of amides is 1. The van der Waals surface area contributed by atoms with E-state index in [1.165, 1.54) is 23.6 Å². The summed E-state index contributed by atoms with van der Waals surface area (Å²) >= 11 is 5.18. The zero-order valence-corrected chi connectivity index (χ0v) is 5.91. The Bertz CT molecular complexity index is 188. The van der Waals surface area contributed by atoms with Crippen molar-refractivity contribution >= 4 is 17.0 Å². The Morgan fingerprint density at radius 2 is 2.40 bits per heavy atom. The average molecular weight is 160 g/mol. The molecule has 1 amide bonds. The Labute approximate surface area is 63.5 Å². The van der Waals surface area contributed by atoms with E-state index in [-0.39, 0.29) is 0 Å². The van der Waals surface area contributed by atoms with Crippen LogP contribution in [-0.4, -0.2) is 16.8 Å². The number of halogens is 1. The van der Waals surface area contributed by atoms with Gasteiger partial charge in [0.1, 0.15) is 6.26 Å². The van der Waals surface area contributed by atoms with Crippen LogP contribution < -0.4 is 0 Å². The predicted molar refractivity (Wildman–Crippen MR) is 37.3 cm³/mol. The van der Waals surface area contributed by atoms with Crippen molar-refractivity contribution in [2.24, 2.45) is 0 Å². The molecule has 0 fully saturated rings. The molecule has 0 radical (unpaired) electrons. The first-order chi connectivity index (χ1) is 4.80. The third-order valence-corrected chi connectivity index (χ3v) is 1.24. The topological polar surface area (TPSA) is 29.5 Å². The molecule has 0 spiro atoms. The van der Waals surface area contributed by atoms with Gasteiger partial charge >= 0.3 is 5.37 Å². The van der Waals surface area contributed by atoms with Crippen LogP contribution in [0.15, 0.2) is 24.8 Å². The number of carbonyl (C=O) groups is 1. The van der Waals surface area contributed by atoms with Gasteiger partial charge in [0.2, 0.25) is 0 Å². The molecule has 10 heavy (non-hydrogen) atoms. The summed E-state index contributed by atoms with van der Waals surface area (Å²) in [4.78, 5) is 11.8. The van der Waals surface area contributed by atoms with Crippen molar-refractivity contribution in [3.05, 3.63) is 24.8 Å².